The molecule has 0 aliphatic rings. The quantitative estimate of drug-likeness (QED) is 0.308. The van der Waals surface area contributed by atoms with Crippen LogP contribution in [0.4, 0.5) is 46.5 Å². The van der Waals surface area contributed by atoms with Crippen molar-refractivity contribution in [3.8, 4) is 0 Å². The number of sulfone groups is 1. The Balaban J connectivity index is 2.76. The first kappa shape index (κ1) is 29.3. The van der Waals surface area contributed by atoms with Crippen LogP contribution in [0.3, 0.4) is 0 Å². The second kappa shape index (κ2) is 9.84. The van der Waals surface area contributed by atoms with Crippen LogP contribution in [0.25, 0.3) is 0 Å². The molecule has 35 heavy (non-hydrogen) atoms. The molecule has 194 valence electrons. The van der Waals surface area contributed by atoms with E-state index in [1.807, 2.05) is 0 Å². The number of nitrogens with two attached hydrogens (primary N) is 1. The maximum Gasteiger partial charge on any atom is 0.435 e. The van der Waals surface area contributed by atoms with Gasteiger partial charge in [-0.25, -0.2) is 17.2 Å². The third kappa shape index (κ3) is 5.90. The predicted octanol–water partition coefficient (Wildman–Crippen LogP) is 5.91. The van der Waals surface area contributed by atoms with Gasteiger partial charge in [0.15, 0.2) is 5.82 Å². The zero-order valence-corrected chi connectivity index (χ0v) is 21.2. The van der Waals surface area contributed by atoms with Gasteiger partial charge in [0.25, 0.3) is 5.91 Å². The highest BCUT2D eigenvalue weighted by atomic mass is 79.9. The number of amides is 1. The van der Waals surface area contributed by atoms with E-state index in [1.54, 1.807) is 0 Å². The Bertz CT molecular complexity index is 1210. The summed E-state index contributed by atoms with van der Waals surface area (Å²) in [5, 5.41) is 0. The Labute approximate surface area is 210 Å². The molecule has 0 aliphatic carbocycles. The second-order valence-corrected chi connectivity index (χ2v) is 11.2. The fourth-order valence-electron chi connectivity index (χ4n) is 2.94. The van der Waals surface area contributed by atoms with E-state index < -0.39 is 83.3 Å². The molecule has 5 nitrogen and oxygen atoms in total. The van der Waals surface area contributed by atoms with Gasteiger partial charge >= 0.3 is 18.0 Å². The number of carbonyl (C=O) groups excluding carboxylic acids is 1. The van der Waals surface area contributed by atoms with Gasteiger partial charge in [0.05, 0.1) is 22.7 Å². The number of carbonyl (C=O) groups is 1. The van der Waals surface area contributed by atoms with Crippen molar-refractivity contribution >= 4 is 59.0 Å². The molecule has 2 aromatic carbocycles. The highest BCUT2D eigenvalue weighted by Gasteiger charge is 2.73. The lowest BCUT2D eigenvalue weighted by Crippen LogP contribution is -2.50. The minimum absolute atomic E-state index is 0.150. The summed E-state index contributed by atoms with van der Waals surface area (Å²) in [7, 11) is -3.76. The Morgan fingerprint density at radius 3 is 1.91 bits per heavy atom. The van der Waals surface area contributed by atoms with Gasteiger partial charge in [0.1, 0.15) is 9.84 Å². The van der Waals surface area contributed by atoms with Gasteiger partial charge in [-0.3, -0.25) is 4.79 Å². The minimum Gasteiger partial charge on any atom is -0.396 e. The summed E-state index contributed by atoms with van der Waals surface area (Å²) in [4.78, 5) is 13.7. The molecule has 0 aromatic heterocycles. The zero-order chi connectivity index (χ0) is 27.1. The van der Waals surface area contributed by atoms with Crippen LogP contribution >= 0.6 is 31.9 Å². The third-order valence-electron chi connectivity index (χ3n) is 4.66. The molecule has 0 saturated carbocycles. The van der Waals surface area contributed by atoms with Crippen molar-refractivity contribution in [3.63, 3.8) is 0 Å². The van der Waals surface area contributed by atoms with Crippen molar-refractivity contribution in [2.24, 2.45) is 0 Å². The molecule has 0 radical (unpaired) electrons. The maximum atomic E-state index is 14.5. The van der Waals surface area contributed by atoms with Gasteiger partial charge in [-0.05, 0) is 56.1 Å². The number of alkyl halides is 7. The van der Waals surface area contributed by atoms with Crippen molar-refractivity contribution in [2.45, 2.75) is 18.0 Å². The van der Waals surface area contributed by atoms with Crippen molar-refractivity contribution in [2.75, 3.05) is 29.2 Å². The monoisotopic (exact) mass is 660 g/mol. The van der Waals surface area contributed by atoms with Gasteiger partial charge in [-0.2, -0.15) is 26.3 Å². The van der Waals surface area contributed by atoms with Gasteiger partial charge in [-0.1, -0.05) is 6.07 Å². The van der Waals surface area contributed by atoms with Crippen molar-refractivity contribution in [1.82, 2.24) is 0 Å². The Kier molecular flexibility index (Phi) is 8.24. The van der Waals surface area contributed by atoms with Gasteiger partial charge in [-0.15, -0.1) is 0 Å². The Morgan fingerprint density at radius 2 is 1.49 bits per heavy atom. The average Bonchev–Trinajstić information content (AvgIpc) is 2.68. The predicted molar refractivity (Wildman–Crippen MR) is 119 cm³/mol. The van der Waals surface area contributed by atoms with Crippen LogP contribution in [-0.2, 0) is 15.5 Å². The zero-order valence-electron chi connectivity index (χ0n) is 17.2. The smallest absolute Gasteiger partial charge is 0.396 e. The molecular formula is C19H14Br2F8N2O3S. The van der Waals surface area contributed by atoms with Crippen LogP contribution < -0.4 is 10.6 Å². The Morgan fingerprint density at radius 1 is 1.00 bits per heavy atom. The van der Waals surface area contributed by atoms with E-state index in [0.29, 0.717) is 4.90 Å². The fraction of sp³-hybridized carbons (Fsp3) is 0.316. The summed E-state index contributed by atoms with van der Waals surface area (Å²) in [5.41, 5.74) is -3.80. The molecule has 2 aromatic rings. The first-order valence-electron chi connectivity index (χ1n) is 9.08. The number of anilines is 2. The molecule has 0 bridgehead atoms. The van der Waals surface area contributed by atoms with Gasteiger partial charge < -0.3 is 10.6 Å². The molecule has 0 heterocycles. The fourth-order valence-corrected chi connectivity index (χ4v) is 5.07. The molecule has 0 fully saturated rings. The lowest BCUT2D eigenvalue weighted by Gasteiger charge is -2.32. The molecule has 0 unspecified atom stereocenters. The molecule has 16 heteroatoms. The standard InChI is InChI=1S/C19H14Br2F8N2O3S/c1-35(33,34)6-5-31(16(32)10-3-2-4-13(30)14(10)22)15-11(20)7-9(8-12(15)21)17(23,18(24,25)26)19(27,28)29/h2-4,7-8H,5-6,30H2,1H3. The van der Waals surface area contributed by atoms with Crippen LogP contribution in [0.5, 0.6) is 0 Å². The maximum absolute atomic E-state index is 14.5. The van der Waals surface area contributed by atoms with Crippen LogP contribution in [0.2, 0.25) is 0 Å². The van der Waals surface area contributed by atoms with Crippen molar-refractivity contribution < 1.29 is 48.3 Å². The normalized spacial score (nSPS) is 13.1. The molecule has 0 aliphatic heterocycles. The summed E-state index contributed by atoms with van der Waals surface area (Å²) in [5.74, 6) is -3.13. The second-order valence-electron chi connectivity index (χ2n) is 7.24. The van der Waals surface area contributed by atoms with Crippen LogP contribution in [0.1, 0.15) is 15.9 Å². The van der Waals surface area contributed by atoms with Crippen molar-refractivity contribution in [3.05, 3.63) is 56.2 Å². The largest absolute Gasteiger partial charge is 0.435 e. The van der Waals surface area contributed by atoms with E-state index >= 15 is 0 Å². The summed E-state index contributed by atoms with van der Waals surface area (Å²) >= 11 is 5.45. The number of nitrogens with zero attached hydrogens (tertiary/aromatic N) is 1. The topological polar surface area (TPSA) is 80.5 Å². The van der Waals surface area contributed by atoms with Gasteiger partial charge in [0.2, 0.25) is 0 Å². The number of benzene rings is 2. The van der Waals surface area contributed by atoms with E-state index in [4.69, 9.17) is 5.73 Å². The number of halogens is 10. The Hall–Kier alpha value is -1.94. The van der Waals surface area contributed by atoms with Crippen LogP contribution in [-0.4, -0.2) is 45.2 Å². The van der Waals surface area contributed by atoms with Crippen LogP contribution in [0, 0.1) is 5.82 Å². The average molecular weight is 662 g/mol. The molecule has 0 saturated heterocycles. The summed E-state index contributed by atoms with van der Waals surface area (Å²) in [6, 6.07) is 3.59. The lowest BCUT2D eigenvalue weighted by molar-refractivity contribution is -0.348. The third-order valence-corrected chi connectivity index (χ3v) is 6.79. The minimum atomic E-state index is -6.40. The molecule has 0 spiro atoms. The highest BCUT2D eigenvalue weighted by molar-refractivity contribution is 9.11. The summed E-state index contributed by atoms with van der Waals surface area (Å²) in [6.07, 6.45) is -12.0. The first-order chi connectivity index (χ1) is 15.7. The summed E-state index contributed by atoms with van der Waals surface area (Å²) in [6.45, 7) is -0.693. The summed E-state index contributed by atoms with van der Waals surface area (Å²) < 4.78 is 130. The number of hydrogen-bond acceptors (Lipinski definition) is 4. The molecule has 1 amide bonds. The lowest BCUT2D eigenvalue weighted by atomic mass is 9.94. The van der Waals surface area contributed by atoms with Gasteiger partial charge in [0, 0.05) is 27.3 Å². The van der Waals surface area contributed by atoms with E-state index in [9.17, 15) is 48.3 Å². The van der Waals surface area contributed by atoms with E-state index in [-0.39, 0.29) is 12.1 Å². The molecular weight excluding hydrogens is 648 g/mol. The number of rotatable bonds is 6. The van der Waals surface area contributed by atoms with Crippen LogP contribution in [0.15, 0.2) is 39.3 Å². The molecule has 0 atom stereocenters. The SMILES string of the molecule is CS(=O)(=O)CCN(C(=O)c1cccc(N)c1F)c1c(Br)cc(C(F)(C(F)(F)F)C(F)(F)F)cc1Br. The molecule has 2 rings (SSSR count). The van der Waals surface area contributed by atoms with E-state index in [1.165, 1.54) is 6.07 Å². The van der Waals surface area contributed by atoms with E-state index in [2.05, 4.69) is 31.9 Å². The first-order valence-corrected chi connectivity index (χ1v) is 12.7. The number of hydrogen-bond donors (Lipinski definition) is 1. The molecule has 2 N–H and O–H groups in total. The number of nitrogen functional groups attached to an aromatic ring is 1. The van der Waals surface area contributed by atoms with Crippen molar-refractivity contribution in [1.29, 1.82) is 0 Å². The highest BCUT2D eigenvalue weighted by Crippen LogP contribution is 2.54. The van der Waals surface area contributed by atoms with E-state index in [0.717, 1.165) is 18.4 Å².